The lowest BCUT2D eigenvalue weighted by Gasteiger charge is -2.36. The van der Waals surface area contributed by atoms with Gasteiger partial charge in [0, 0.05) is 64.6 Å². The molecule has 0 atom stereocenters. The molecular formula is C32H44N6O5. The van der Waals surface area contributed by atoms with E-state index in [4.69, 9.17) is 9.57 Å². The third-order valence-electron chi connectivity index (χ3n) is 8.64. The molecule has 2 fully saturated rings. The Morgan fingerprint density at radius 2 is 1.72 bits per heavy atom. The van der Waals surface area contributed by atoms with E-state index in [1.165, 1.54) is 10.1 Å². The molecular weight excluding hydrogens is 548 g/mol. The Balaban J connectivity index is 1.12. The lowest BCUT2D eigenvalue weighted by molar-refractivity contribution is 0.0773. The number of carbonyl (C=O) groups is 1. The minimum absolute atomic E-state index is 0.295. The van der Waals surface area contributed by atoms with Crippen molar-refractivity contribution in [3.8, 4) is 11.6 Å². The monoisotopic (exact) mass is 592 g/mol. The molecule has 0 radical (unpaired) electrons. The zero-order valence-electron chi connectivity index (χ0n) is 25.2. The third-order valence-corrected chi connectivity index (χ3v) is 8.64. The lowest BCUT2D eigenvalue weighted by Crippen LogP contribution is -2.51. The van der Waals surface area contributed by atoms with E-state index in [0.717, 1.165) is 55.2 Å². The van der Waals surface area contributed by atoms with Crippen LogP contribution < -0.4 is 20.2 Å². The maximum Gasteiger partial charge on any atom is 0.434 e. The number of piperazine rings is 1. The number of rotatable bonds is 10. The van der Waals surface area contributed by atoms with Crippen LogP contribution in [0.5, 0.6) is 11.6 Å². The van der Waals surface area contributed by atoms with Gasteiger partial charge in [-0.25, -0.2) is 9.59 Å². The van der Waals surface area contributed by atoms with Crippen molar-refractivity contribution in [1.82, 2.24) is 24.0 Å². The molecule has 0 saturated carbocycles. The fourth-order valence-corrected chi connectivity index (χ4v) is 6.20. The maximum atomic E-state index is 13.1. The number of allylic oxidation sites excluding steroid dienone is 2. The van der Waals surface area contributed by atoms with Crippen LogP contribution in [0.25, 0.3) is 0 Å². The zero-order valence-corrected chi connectivity index (χ0v) is 25.2. The van der Waals surface area contributed by atoms with E-state index < -0.39 is 11.8 Å². The van der Waals surface area contributed by atoms with Gasteiger partial charge in [-0.05, 0) is 68.6 Å². The summed E-state index contributed by atoms with van der Waals surface area (Å²) < 4.78 is 7.80. The first-order valence-corrected chi connectivity index (χ1v) is 15.3. The summed E-state index contributed by atoms with van der Waals surface area (Å²) in [6.45, 7) is 17.8. The van der Waals surface area contributed by atoms with Gasteiger partial charge in [-0.1, -0.05) is 36.1 Å². The largest absolute Gasteiger partial charge is 0.494 e. The molecule has 11 heteroatoms. The summed E-state index contributed by atoms with van der Waals surface area (Å²) in [7, 11) is 0. The normalized spacial score (nSPS) is 18.8. The Labute approximate surface area is 253 Å². The number of benzene rings is 1. The van der Waals surface area contributed by atoms with E-state index >= 15 is 0 Å². The minimum Gasteiger partial charge on any atom is -0.494 e. The van der Waals surface area contributed by atoms with Crippen LogP contribution in [0.3, 0.4) is 0 Å². The molecule has 0 unspecified atom stereocenters. The highest BCUT2D eigenvalue weighted by atomic mass is 16.7. The molecule has 0 aliphatic carbocycles. The van der Waals surface area contributed by atoms with Crippen molar-refractivity contribution >= 4 is 11.8 Å². The van der Waals surface area contributed by atoms with Crippen molar-refractivity contribution in [2.24, 2.45) is 5.92 Å². The van der Waals surface area contributed by atoms with Crippen molar-refractivity contribution < 1.29 is 19.5 Å². The fourth-order valence-electron chi connectivity index (χ4n) is 6.20. The number of aromatic nitrogens is 2. The SMILES string of the molecule is C=CC=C(C=C)CN1CCC(CN2CCn3c(c(O)n(OC(=O)N4CCN(c5ccc(OCC)cc5)CC4)c3=O)C2)CC1. The standard InChI is InChI=1S/C32H44N6O5/c1-4-7-25(5-2)22-33-14-12-26(13-15-33)23-34-16-21-37-29(24-34)30(39)38(31(37)40)43-32(41)36-19-17-35(18-20-36)27-8-10-28(11-9-27)42-6-3/h4-5,7-11,26,39H,1-2,6,12-24H2,3H3. The van der Waals surface area contributed by atoms with E-state index in [2.05, 4.69) is 27.9 Å². The molecule has 232 valence electrons. The third kappa shape index (κ3) is 7.17. The van der Waals surface area contributed by atoms with Crippen LogP contribution in [0.2, 0.25) is 0 Å². The molecule has 0 bridgehead atoms. The topological polar surface area (TPSA) is 95.7 Å². The average molecular weight is 593 g/mol. The van der Waals surface area contributed by atoms with Crippen molar-refractivity contribution in [2.45, 2.75) is 32.9 Å². The molecule has 5 rings (SSSR count). The second-order valence-corrected chi connectivity index (χ2v) is 11.4. The quantitative estimate of drug-likeness (QED) is 0.421. The molecule has 2 aromatic rings. The summed E-state index contributed by atoms with van der Waals surface area (Å²) >= 11 is 0. The molecule has 3 aliphatic heterocycles. The summed E-state index contributed by atoms with van der Waals surface area (Å²) in [5.74, 6) is 1.08. The summed E-state index contributed by atoms with van der Waals surface area (Å²) in [5.41, 5.74) is 2.21. The minimum atomic E-state index is -0.641. The smallest absolute Gasteiger partial charge is 0.434 e. The molecule has 43 heavy (non-hydrogen) atoms. The highest BCUT2D eigenvalue weighted by Gasteiger charge is 2.31. The number of anilines is 1. The average Bonchev–Trinajstić information content (AvgIpc) is 3.26. The van der Waals surface area contributed by atoms with Gasteiger partial charge in [0.05, 0.1) is 6.61 Å². The first-order chi connectivity index (χ1) is 20.9. The number of likely N-dealkylation sites (tertiary alicyclic amines) is 1. The van der Waals surface area contributed by atoms with Crippen molar-refractivity contribution in [3.63, 3.8) is 0 Å². The number of hydrogen-bond donors (Lipinski definition) is 1. The fraction of sp³-hybridized carbons (Fsp3) is 0.500. The number of carbonyl (C=O) groups excluding carboxylic acids is 1. The Kier molecular flexibility index (Phi) is 9.93. The zero-order chi connectivity index (χ0) is 30.3. The van der Waals surface area contributed by atoms with E-state index in [1.54, 1.807) is 11.0 Å². The van der Waals surface area contributed by atoms with E-state index in [1.807, 2.05) is 43.3 Å². The van der Waals surface area contributed by atoms with Gasteiger partial charge in [0.25, 0.3) is 5.88 Å². The van der Waals surface area contributed by atoms with Crippen LogP contribution in [0.15, 0.2) is 66.0 Å². The number of hydrogen-bond acceptors (Lipinski definition) is 8. The Bertz CT molecular complexity index is 1360. The van der Waals surface area contributed by atoms with Gasteiger partial charge in [-0.15, -0.1) is 0 Å². The molecule has 1 amide bonds. The Morgan fingerprint density at radius 1 is 1.00 bits per heavy atom. The Hall–Kier alpha value is -3.96. The van der Waals surface area contributed by atoms with Gasteiger partial charge in [0.1, 0.15) is 11.4 Å². The first kappa shape index (κ1) is 30.5. The van der Waals surface area contributed by atoms with Crippen LogP contribution >= 0.6 is 0 Å². The summed E-state index contributed by atoms with van der Waals surface area (Å²) in [5, 5.41) is 10.9. The van der Waals surface area contributed by atoms with E-state index in [0.29, 0.717) is 64.0 Å². The maximum absolute atomic E-state index is 13.1. The molecule has 0 spiro atoms. The number of imidazole rings is 1. The summed E-state index contributed by atoms with van der Waals surface area (Å²) in [6, 6.07) is 7.90. The van der Waals surface area contributed by atoms with Crippen LogP contribution in [-0.4, -0.2) is 101 Å². The van der Waals surface area contributed by atoms with E-state index in [-0.39, 0.29) is 5.88 Å². The number of nitrogens with zero attached hydrogens (tertiary/aromatic N) is 6. The second kappa shape index (κ2) is 14.0. The number of aromatic hydroxyl groups is 1. The van der Waals surface area contributed by atoms with Crippen LogP contribution in [0, 0.1) is 5.92 Å². The second-order valence-electron chi connectivity index (χ2n) is 11.4. The van der Waals surface area contributed by atoms with E-state index in [9.17, 15) is 14.7 Å². The summed E-state index contributed by atoms with van der Waals surface area (Å²) in [4.78, 5) is 40.0. The number of piperidine rings is 1. The van der Waals surface area contributed by atoms with Crippen LogP contribution in [-0.2, 0) is 13.1 Å². The van der Waals surface area contributed by atoms with Crippen molar-refractivity contribution in [2.75, 3.05) is 70.4 Å². The number of ether oxygens (including phenoxy) is 1. The predicted octanol–water partition coefficient (Wildman–Crippen LogP) is 2.95. The molecule has 1 aromatic heterocycles. The van der Waals surface area contributed by atoms with Crippen LogP contribution in [0.1, 0.15) is 25.5 Å². The van der Waals surface area contributed by atoms with Gasteiger partial charge < -0.3 is 24.5 Å². The van der Waals surface area contributed by atoms with Gasteiger partial charge in [0.2, 0.25) is 0 Å². The molecule has 3 aliphatic rings. The van der Waals surface area contributed by atoms with Crippen molar-refractivity contribution in [3.05, 3.63) is 77.4 Å². The molecule has 2 saturated heterocycles. The van der Waals surface area contributed by atoms with Gasteiger partial charge in [-0.2, -0.15) is 0 Å². The molecule has 4 heterocycles. The molecule has 11 nitrogen and oxygen atoms in total. The van der Waals surface area contributed by atoms with Crippen LogP contribution in [0.4, 0.5) is 10.5 Å². The molecule has 1 N–H and O–H groups in total. The summed E-state index contributed by atoms with van der Waals surface area (Å²) in [6.07, 6.45) is 7.25. The highest BCUT2D eigenvalue weighted by molar-refractivity contribution is 5.68. The number of amides is 1. The van der Waals surface area contributed by atoms with Gasteiger partial charge >= 0.3 is 11.8 Å². The predicted molar refractivity (Wildman–Crippen MR) is 167 cm³/mol. The van der Waals surface area contributed by atoms with Crippen molar-refractivity contribution in [1.29, 1.82) is 0 Å². The lowest BCUT2D eigenvalue weighted by atomic mass is 9.95. The van der Waals surface area contributed by atoms with Gasteiger partial charge in [0.15, 0.2) is 0 Å². The number of fused-ring (bicyclic) bond motifs is 1. The van der Waals surface area contributed by atoms with Gasteiger partial charge in [-0.3, -0.25) is 14.4 Å². The first-order valence-electron chi connectivity index (χ1n) is 15.3. The molecule has 1 aromatic carbocycles. The highest BCUT2D eigenvalue weighted by Crippen LogP contribution is 2.25. The Morgan fingerprint density at radius 3 is 2.37 bits per heavy atom.